The summed E-state index contributed by atoms with van der Waals surface area (Å²) < 4.78 is 26.0. The maximum absolute atomic E-state index is 13.4. The maximum Gasteiger partial charge on any atom is 0.244 e. The zero-order valence-corrected chi connectivity index (χ0v) is 21.4. The fourth-order valence-corrected chi connectivity index (χ4v) is 4.56. The van der Waals surface area contributed by atoms with Crippen molar-refractivity contribution in [3.8, 4) is 0 Å². The van der Waals surface area contributed by atoms with Crippen molar-refractivity contribution in [1.82, 2.24) is 10.2 Å². The molecular weight excluding hydrogens is 485 g/mol. The summed E-state index contributed by atoms with van der Waals surface area (Å²) in [4.78, 5) is 27.5. The lowest BCUT2D eigenvalue weighted by Crippen LogP contribution is -2.53. The summed E-state index contributed by atoms with van der Waals surface area (Å²) in [5, 5.41) is 3.00. The molecule has 0 aliphatic rings. The van der Waals surface area contributed by atoms with Crippen LogP contribution in [-0.2, 0) is 26.0 Å². The van der Waals surface area contributed by atoms with Crippen LogP contribution in [0.15, 0.2) is 48.5 Å². The molecule has 7 nitrogen and oxygen atoms in total. The Morgan fingerprint density at radius 3 is 2.21 bits per heavy atom. The highest BCUT2D eigenvalue weighted by Gasteiger charge is 2.31. The number of halogens is 2. The van der Waals surface area contributed by atoms with Gasteiger partial charge in [0, 0.05) is 12.6 Å². The van der Waals surface area contributed by atoms with E-state index in [-0.39, 0.29) is 34.2 Å². The van der Waals surface area contributed by atoms with Gasteiger partial charge in [-0.2, -0.15) is 0 Å². The van der Waals surface area contributed by atoms with Gasteiger partial charge in [0.15, 0.2) is 0 Å². The third-order valence-electron chi connectivity index (χ3n) is 4.96. The van der Waals surface area contributed by atoms with Crippen LogP contribution in [-0.4, -0.2) is 56.6 Å². The van der Waals surface area contributed by atoms with Gasteiger partial charge in [0.25, 0.3) is 0 Å². The second-order valence-corrected chi connectivity index (χ2v) is 10.7. The third kappa shape index (κ3) is 7.62. The molecule has 1 atom stereocenters. The van der Waals surface area contributed by atoms with E-state index in [0.29, 0.717) is 6.42 Å². The van der Waals surface area contributed by atoms with Gasteiger partial charge in [-0.1, -0.05) is 59.6 Å². The molecule has 0 saturated heterocycles. The maximum atomic E-state index is 13.4. The second-order valence-electron chi connectivity index (χ2n) is 8.00. The summed E-state index contributed by atoms with van der Waals surface area (Å²) in [6.45, 7) is 4.99. The van der Waals surface area contributed by atoms with Crippen LogP contribution in [0, 0.1) is 0 Å². The van der Waals surface area contributed by atoms with Crippen LogP contribution in [0.25, 0.3) is 0 Å². The average Bonchev–Trinajstić information content (AvgIpc) is 2.73. The van der Waals surface area contributed by atoms with Gasteiger partial charge < -0.3 is 10.2 Å². The number of benzene rings is 2. The molecule has 2 aromatic rings. The van der Waals surface area contributed by atoms with Gasteiger partial charge in [0.1, 0.15) is 12.6 Å². The van der Waals surface area contributed by atoms with Gasteiger partial charge in [-0.25, -0.2) is 8.42 Å². The first-order valence-corrected chi connectivity index (χ1v) is 13.1. The Labute approximate surface area is 205 Å². The molecule has 1 unspecified atom stereocenters. The summed E-state index contributed by atoms with van der Waals surface area (Å²) >= 11 is 12.3. The summed E-state index contributed by atoms with van der Waals surface area (Å²) in [5.74, 6) is -0.850. The number of sulfonamides is 1. The summed E-state index contributed by atoms with van der Waals surface area (Å²) in [5.41, 5.74) is 1.09. The molecule has 2 amide bonds. The molecule has 0 heterocycles. The molecule has 2 aromatic carbocycles. The van der Waals surface area contributed by atoms with Gasteiger partial charge in [-0.15, -0.1) is 0 Å². The van der Waals surface area contributed by atoms with Gasteiger partial charge in [-0.3, -0.25) is 13.9 Å². The van der Waals surface area contributed by atoms with Crippen molar-refractivity contribution in [3.05, 3.63) is 64.1 Å². The smallest absolute Gasteiger partial charge is 0.244 e. The van der Waals surface area contributed by atoms with E-state index in [2.05, 4.69) is 5.32 Å². The van der Waals surface area contributed by atoms with E-state index >= 15 is 0 Å². The molecular formula is C23H29Cl2N3O4S. The van der Waals surface area contributed by atoms with Crippen LogP contribution in [0.4, 0.5) is 5.69 Å². The number of amides is 2. The van der Waals surface area contributed by atoms with Crippen molar-refractivity contribution in [3.63, 3.8) is 0 Å². The summed E-state index contributed by atoms with van der Waals surface area (Å²) in [7, 11) is -3.88. The fraction of sp³-hybridized carbons (Fsp3) is 0.391. The Kier molecular flexibility index (Phi) is 9.57. The van der Waals surface area contributed by atoms with Crippen molar-refractivity contribution in [2.24, 2.45) is 0 Å². The number of carbonyl (C=O) groups is 2. The molecule has 0 aromatic heterocycles. The molecule has 180 valence electrons. The number of nitrogens with one attached hydrogen (secondary N) is 1. The molecule has 0 aliphatic heterocycles. The first-order chi connectivity index (χ1) is 15.4. The predicted molar refractivity (Wildman–Crippen MR) is 133 cm³/mol. The molecule has 1 N–H and O–H groups in total. The molecule has 33 heavy (non-hydrogen) atoms. The van der Waals surface area contributed by atoms with E-state index in [1.807, 2.05) is 44.2 Å². The highest BCUT2D eigenvalue weighted by molar-refractivity contribution is 7.92. The van der Waals surface area contributed by atoms with E-state index in [1.54, 1.807) is 13.0 Å². The van der Waals surface area contributed by atoms with Crippen LogP contribution >= 0.6 is 23.2 Å². The Bertz CT molecular complexity index is 1080. The number of hydrogen-bond acceptors (Lipinski definition) is 4. The number of nitrogens with zero attached hydrogens (tertiary/aromatic N) is 2. The van der Waals surface area contributed by atoms with Gasteiger partial charge in [0.2, 0.25) is 21.8 Å². The minimum absolute atomic E-state index is 0.0267. The fourth-order valence-electron chi connectivity index (χ4n) is 3.26. The van der Waals surface area contributed by atoms with Crippen molar-refractivity contribution >= 4 is 50.7 Å². The normalized spacial score (nSPS) is 12.3. The van der Waals surface area contributed by atoms with E-state index in [4.69, 9.17) is 23.2 Å². The predicted octanol–water partition coefficient (Wildman–Crippen LogP) is 3.74. The molecule has 0 fully saturated rings. The topological polar surface area (TPSA) is 86.8 Å². The molecule has 2 rings (SSSR count). The Morgan fingerprint density at radius 2 is 1.64 bits per heavy atom. The zero-order chi connectivity index (χ0) is 24.8. The molecule has 0 saturated carbocycles. The van der Waals surface area contributed by atoms with Crippen molar-refractivity contribution < 1.29 is 18.0 Å². The van der Waals surface area contributed by atoms with Gasteiger partial charge in [0.05, 0.1) is 22.0 Å². The van der Waals surface area contributed by atoms with Crippen molar-refractivity contribution in [2.75, 3.05) is 23.7 Å². The monoisotopic (exact) mass is 513 g/mol. The Hall–Kier alpha value is -2.29. The Morgan fingerprint density at radius 1 is 1.00 bits per heavy atom. The first-order valence-electron chi connectivity index (χ1n) is 10.5. The highest BCUT2D eigenvalue weighted by atomic mass is 35.5. The largest absolute Gasteiger partial charge is 0.352 e. The second kappa shape index (κ2) is 11.7. The van der Waals surface area contributed by atoms with Gasteiger partial charge >= 0.3 is 0 Å². The first kappa shape index (κ1) is 27.0. The average molecular weight is 514 g/mol. The standard InChI is InChI=1S/C23H29Cl2N3O4S/c1-16(2)26-23(30)17(3)27(14-13-18-9-6-5-7-10-18)21(29)15-28(33(4,31)32)20-12-8-11-19(24)22(20)25/h5-12,16-17H,13-15H2,1-4H3,(H,26,30). The minimum atomic E-state index is -3.88. The molecule has 0 aliphatic carbocycles. The number of carbonyl (C=O) groups excluding carboxylic acids is 2. The number of anilines is 1. The van der Waals surface area contributed by atoms with E-state index in [1.165, 1.54) is 17.0 Å². The molecule has 0 spiro atoms. The van der Waals surface area contributed by atoms with E-state index in [0.717, 1.165) is 16.1 Å². The lowest BCUT2D eigenvalue weighted by Gasteiger charge is -2.32. The SMILES string of the molecule is CC(C)NC(=O)C(C)N(CCc1ccccc1)C(=O)CN(c1cccc(Cl)c1Cl)S(C)(=O)=O. The van der Waals surface area contributed by atoms with Crippen LogP contribution in [0.2, 0.25) is 10.0 Å². The third-order valence-corrected chi connectivity index (χ3v) is 6.90. The van der Waals surface area contributed by atoms with Crippen LogP contribution < -0.4 is 9.62 Å². The minimum Gasteiger partial charge on any atom is -0.352 e. The lowest BCUT2D eigenvalue weighted by molar-refractivity contribution is -0.139. The lowest BCUT2D eigenvalue weighted by atomic mass is 10.1. The zero-order valence-electron chi connectivity index (χ0n) is 19.1. The number of rotatable bonds is 10. The number of hydrogen-bond donors (Lipinski definition) is 1. The quantitative estimate of drug-likeness (QED) is 0.524. The highest BCUT2D eigenvalue weighted by Crippen LogP contribution is 2.33. The van der Waals surface area contributed by atoms with E-state index in [9.17, 15) is 18.0 Å². The van der Waals surface area contributed by atoms with Gasteiger partial charge in [-0.05, 0) is 44.9 Å². The summed E-state index contributed by atoms with van der Waals surface area (Å²) in [6, 6.07) is 13.2. The van der Waals surface area contributed by atoms with E-state index < -0.39 is 28.5 Å². The molecule has 0 bridgehead atoms. The van der Waals surface area contributed by atoms with Crippen LogP contribution in [0.1, 0.15) is 26.3 Å². The molecule has 10 heteroatoms. The Balaban J connectivity index is 2.35. The molecule has 0 radical (unpaired) electrons. The van der Waals surface area contributed by atoms with Crippen LogP contribution in [0.3, 0.4) is 0 Å². The van der Waals surface area contributed by atoms with Crippen LogP contribution in [0.5, 0.6) is 0 Å². The van der Waals surface area contributed by atoms with Crippen molar-refractivity contribution in [2.45, 2.75) is 39.3 Å². The summed E-state index contributed by atoms with van der Waals surface area (Å²) in [6.07, 6.45) is 1.49. The van der Waals surface area contributed by atoms with Crippen molar-refractivity contribution in [1.29, 1.82) is 0 Å².